The van der Waals surface area contributed by atoms with E-state index < -0.39 is 0 Å². The number of benzene rings is 2. The standard InChI is InChI=1S/C23H22N4O2/c1-2-29-21-8-7-17-5-3-4-6-19(17)22(21)23(28)25-14-16-27-15-11-20(26-27)18-9-12-24-13-10-18/h3-13,15H,2,14,16H2,1H3,(H,25,28). The lowest BCUT2D eigenvalue weighted by Gasteiger charge is -2.13. The van der Waals surface area contributed by atoms with Crippen LogP contribution in [0.5, 0.6) is 5.75 Å². The van der Waals surface area contributed by atoms with E-state index in [0.29, 0.717) is 31.0 Å². The van der Waals surface area contributed by atoms with Gasteiger partial charge in [0.05, 0.1) is 24.4 Å². The average Bonchev–Trinajstić information content (AvgIpc) is 3.23. The maximum absolute atomic E-state index is 12.9. The molecule has 0 fully saturated rings. The van der Waals surface area contributed by atoms with Crippen molar-refractivity contribution in [1.82, 2.24) is 20.1 Å². The SMILES string of the molecule is CCOc1ccc2ccccc2c1C(=O)NCCn1ccc(-c2ccncc2)n1. The fourth-order valence-corrected chi connectivity index (χ4v) is 3.30. The van der Waals surface area contributed by atoms with Crippen molar-refractivity contribution >= 4 is 16.7 Å². The van der Waals surface area contributed by atoms with Crippen molar-refractivity contribution in [2.45, 2.75) is 13.5 Å². The first kappa shape index (κ1) is 18.7. The Labute approximate surface area is 169 Å². The first-order valence-electron chi connectivity index (χ1n) is 9.63. The third kappa shape index (κ3) is 4.11. The quantitative estimate of drug-likeness (QED) is 0.523. The van der Waals surface area contributed by atoms with E-state index in [9.17, 15) is 4.79 Å². The monoisotopic (exact) mass is 386 g/mol. The zero-order valence-corrected chi connectivity index (χ0v) is 16.2. The van der Waals surface area contributed by atoms with Crippen molar-refractivity contribution in [2.75, 3.05) is 13.2 Å². The van der Waals surface area contributed by atoms with Crippen LogP contribution in [-0.4, -0.2) is 33.8 Å². The van der Waals surface area contributed by atoms with Gasteiger partial charge in [0.1, 0.15) is 5.75 Å². The molecule has 0 aliphatic carbocycles. The van der Waals surface area contributed by atoms with Crippen LogP contribution >= 0.6 is 0 Å². The highest BCUT2D eigenvalue weighted by Gasteiger charge is 2.16. The molecule has 146 valence electrons. The Hall–Kier alpha value is -3.67. The highest BCUT2D eigenvalue weighted by atomic mass is 16.5. The molecule has 29 heavy (non-hydrogen) atoms. The number of hydrogen-bond donors (Lipinski definition) is 1. The van der Waals surface area contributed by atoms with Gasteiger partial charge in [-0.3, -0.25) is 14.5 Å². The number of ether oxygens (including phenoxy) is 1. The highest BCUT2D eigenvalue weighted by molar-refractivity contribution is 6.09. The number of hydrogen-bond acceptors (Lipinski definition) is 4. The third-order valence-corrected chi connectivity index (χ3v) is 4.66. The van der Waals surface area contributed by atoms with Gasteiger partial charge in [0, 0.05) is 30.7 Å². The molecule has 0 aliphatic heterocycles. The molecule has 0 saturated heterocycles. The minimum Gasteiger partial charge on any atom is -0.493 e. The topological polar surface area (TPSA) is 69.0 Å². The zero-order valence-electron chi connectivity index (χ0n) is 16.2. The number of pyridine rings is 1. The maximum Gasteiger partial charge on any atom is 0.255 e. The summed E-state index contributed by atoms with van der Waals surface area (Å²) in [4.78, 5) is 17.0. The predicted octanol–water partition coefficient (Wildman–Crippen LogP) is 3.93. The predicted molar refractivity (Wildman–Crippen MR) is 113 cm³/mol. The summed E-state index contributed by atoms with van der Waals surface area (Å²) < 4.78 is 7.52. The fourth-order valence-electron chi connectivity index (χ4n) is 3.30. The molecular formula is C23H22N4O2. The van der Waals surface area contributed by atoms with Crippen LogP contribution in [0.2, 0.25) is 0 Å². The van der Waals surface area contributed by atoms with Gasteiger partial charge < -0.3 is 10.1 Å². The van der Waals surface area contributed by atoms with Crippen molar-refractivity contribution in [3.8, 4) is 17.0 Å². The molecule has 6 heteroatoms. The van der Waals surface area contributed by atoms with Gasteiger partial charge in [-0.2, -0.15) is 5.10 Å². The minimum absolute atomic E-state index is 0.147. The molecule has 6 nitrogen and oxygen atoms in total. The maximum atomic E-state index is 12.9. The lowest BCUT2D eigenvalue weighted by molar-refractivity contribution is 0.0950. The van der Waals surface area contributed by atoms with E-state index in [1.54, 1.807) is 12.4 Å². The molecule has 2 aromatic heterocycles. The molecule has 0 saturated carbocycles. The molecule has 1 amide bonds. The summed E-state index contributed by atoms with van der Waals surface area (Å²) in [6.45, 7) is 3.45. The molecule has 4 aromatic rings. The second-order valence-corrected chi connectivity index (χ2v) is 6.55. The van der Waals surface area contributed by atoms with Gasteiger partial charge >= 0.3 is 0 Å². The van der Waals surface area contributed by atoms with E-state index in [1.165, 1.54) is 0 Å². The van der Waals surface area contributed by atoms with Crippen LogP contribution in [0.15, 0.2) is 73.2 Å². The van der Waals surface area contributed by atoms with Crippen LogP contribution in [-0.2, 0) is 6.54 Å². The van der Waals surface area contributed by atoms with Crippen molar-refractivity contribution in [1.29, 1.82) is 0 Å². The fraction of sp³-hybridized carbons (Fsp3) is 0.174. The van der Waals surface area contributed by atoms with Crippen LogP contribution in [0.25, 0.3) is 22.0 Å². The van der Waals surface area contributed by atoms with Crippen molar-refractivity contribution in [3.05, 3.63) is 78.8 Å². The van der Waals surface area contributed by atoms with E-state index in [-0.39, 0.29) is 5.91 Å². The summed E-state index contributed by atoms with van der Waals surface area (Å²) in [5, 5.41) is 9.45. The third-order valence-electron chi connectivity index (χ3n) is 4.66. The number of carbonyl (C=O) groups excluding carboxylic acids is 1. The first-order chi connectivity index (χ1) is 14.3. The molecule has 0 spiro atoms. The zero-order chi connectivity index (χ0) is 20.1. The number of amides is 1. The Morgan fingerprint density at radius 2 is 1.90 bits per heavy atom. The molecular weight excluding hydrogens is 364 g/mol. The van der Waals surface area contributed by atoms with Crippen LogP contribution in [0.1, 0.15) is 17.3 Å². The first-order valence-corrected chi connectivity index (χ1v) is 9.63. The van der Waals surface area contributed by atoms with Gasteiger partial charge in [-0.1, -0.05) is 30.3 Å². The molecule has 0 unspecified atom stereocenters. The van der Waals surface area contributed by atoms with Crippen LogP contribution in [0.3, 0.4) is 0 Å². The van der Waals surface area contributed by atoms with Gasteiger partial charge in [-0.15, -0.1) is 0 Å². The van der Waals surface area contributed by atoms with E-state index in [0.717, 1.165) is 22.0 Å². The second-order valence-electron chi connectivity index (χ2n) is 6.55. The molecule has 4 rings (SSSR count). The summed E-state index contributed by atoms with van der Waals surface area (Å²) in [5.41, 5.74) is 2.47. The Kier molecular flexibility index (Phi) is 5.52. The lowest BCUT2D eigenvalue weighted by atomic mass is 10.0. The van der Waals surface area contributed by atoms with Gasteiger partial charge in [-0.25, -0.2) is 0 Å². The number of nitrogens with zero attached hydrogens (tertiary/aromatic N) is 3. The second kappa shape index (κ2) is 8.56. The number of nitrogens with one attached hydrogen (secondary N) is 1. The number of carbonyl (C=O) groups is 1. The Bertz CT molecular complexity index is 1120. The smallest absolute Gasteiger partial charge is 0.255 e. The molecule has 1 N–H and O–H groups in total. The molecule has 0 bridgehead atoms. The van der Waals surface area contributed by atoms with E-state index in [2.05, 4.69) is 15.4 Å². The summed E-state index contributed by atoms with van der Waals surface area (Å²) in [7, 11) is 0. The van der Waals surface area contributed by atoms with Crippen LogP contribution in [0, 0.1) is 0 Å². The number of aromatic nitrogens is 3. The average molecular weight is 386 g/mol. The van der Waals surface area contributed by atoms with Crippen molar-refractivity contribution in [2.24, 2.45) is 0 Å². The Morgan fingerprint density at radius 3 is 2.72 bits per heavy atom. The van der Waals surface area contributed by atoms with Gasteiger partial charge in [0.2, 0.25) is 0 Å². The summed E-state index contributed by atoms with van der Waals surface area (Å²) in [6.07, 6.45) is 5.40. The summed E-state index contributed by atoms with van der Waals surface area (Å²) >= 11 is 0. The van der Waals surface area contributed by atoms with Gasteiger partial charge in [0.25, 0.3) is 5.91 Å². The minimum atomic E-state index is -0.147. The van der Waals surface area contributed by atoms with E-state index in [4.69, 9.17) is 4.74 Å². The summed E-state index contributed by atoms with van der Waals surface area (Å²) in [6, 6.07) is 17.5. The Balaban J connectivity index is 1.47. The summed E-state index contributed by atoms with van der Waals surface area (Å²) in [5.74, 6) is 0.453. The van der Waals surface area contributed by atoms with E-state index >= 15 is 0 Å². The van der Waals surface area contributed by atoms with Gasteiger partial charge in [0.15, 0.2) is 0 Å². The largest absolute Gasteiger partial charge is 0.493 e. The number of rotatable bonds is 7. The van der Waals surface area contributed by atoms with Crippen molar-refractivity contribution in [3.63, 3.8) is 0 Å². The molecule has 0 aliphatic rings. The van der Waals surface area contributed by atoms with Crippen LogP contribution < -0.4 is 10.1 Å². The van der Waals surface area contributed by atoms with Gasteiger partial charge in [-0.05, 0) is 42.0 Å². The lowest BCUT2D eigenvalue weighted by Crippen LogP contribution is -2.28. The van der Waals surface area contributed by atoms with E-state index in [1.807, 2.05) is 72.4 Å². The highest BCUT2D eigenvalue weighted by Crippen LogP contribution is 2.28. The molecule has 0 radical (unpaired) electrons. The molecule has 2 heterocycles. The number of fused-ring (bicyclic) bond motifs is 1. The van der Waals surface area contributed by atoms with Crippen molar-refractivity contribution < 1.29 is 9.53 Å². The van der Waals surface area contributed by atoms with Crippen LogP contribution in [0.4, 0.5) is 0 Å². The normalized spacial score (nSPS) is 10.8. The Morgan fingerprint density at radius 1 is 1.07 bits per heavy atom. The molecule has 0 atom stereocenters. The molecule has 2 aromatic carbocycles.